The maximum Gasteiger partial charge on any atom is 0.196 e. The van der Waals surface area contributed by atoms with Crippen LogP contribution >= 0.6 is 11.3 Å². The zero-order valence-corrected chi connectivity index (χ0v) is 19.0. The Bertz CT molecular complexity index is 1820. The van der Waals surface area contributed by atoms with E-state index >= 15 is 0 Å². The largest absolute Gasteiger partial charge is 0.288 e. The topological polar surface area (TPSA) is 59.9 Å². The van der Waals surface area contributed by atoms with Crippen LogP contribution in [0.3, 0.4) is 0 Å². The molecule has 5 heteroatoms. The number of benzene rings is 2. The molecule has 4 nitrogen and oxygen atoms in total. The third-order valence-corrected chi connectivity index (χ3v) is 7.94. The number of allylic oxidation sites excluding steroid dienone is 1. The molecule has 0 amide bonds. The second kappa shape index (κ2) is 6.65. The van der Waals surface area contributed by atoms with E-state index in [9.17, 15) is 9.59 Å². The lowest BCUT2D eigenvalue weighted by Crippen LogP contribution is -2.15. The number of nitrogens with zero attached hydrogens (tertiary/aromatic N) is 2. The van der Waals surface area contributed by atoms with E-state index in [1.807, 2.05) is 49.5 Å². The minimum atomic E-state index is -0.0765. The van der Waals surface area contributed by atoms with Crippen LogP contribution in [0.15, 0.2) is 61.4 Å². The molecule has 2 aliphatic carbocycles. The molecule has 0 atom stereocenters. The monoisotopic (exact) mass is 456 g/mol. The van der Waals surface area contributed by atoms with Crippen molar-refractivity contribution < 1.29 is 9.59 Å². The van der Waals surface area contributed by atoms with Gasteiger partial charge in [-0.3, -0.25) is 19.6 Å². The van der Waals surface area contributed by atoms with Gasteiger partial charge < -0.3 is 0 Å². The lowest BCUT2D eigenvalue weighted by Gasteiger charge is -2.20. The Morgan fingerprint density at radius 3 is 2.21 bits per heavy atom. The van der Waals surface area contributed by atoms with Gasteiger partial charge in [0.15, 0.2) is 11.6 Å². The Morgan fingerprint density at radius 1 is 0.853 bits per heavy atom. The fourth-order valence-corrected chi connectivity index (χ4v) is 6.61. The quantitative estimate of drug-likeness (QED) is 0.283. The predicted octanol–water partition coefficient (Wildman–Crippen LogP) is 6.94. The van der Waals surface area contributed by atoms with Crippen molar-refractivity contribution in [2.75, 3.05) is 0 Å². The van der Waals surface area contributed by atoms with Crippen LogP contribution in [-0.4, -0.2) is 21.5 Å². The molecule has 0 unspecified atom stereocenters. The highest BCUT2D eigenvalue weighted by Gasteiger charge is 2.37. The SMILES string of the molecule is C=Cc1cnc2c(c1/C=C\C)C(=O)c1ccc3c4c(sc-2c14)-c1ncc2ccccc2c1C3=O. The number of rotatable bonds is 2. The maximum atomic E-state index is 13.8. The summed E-state index contributed by atoms with van der Waals surface area (Å²) >= 11 is 1.56. The third kappa shape index (κ3) is 2.22. The molecule has 3 heterocycles. The van der Waals surface area contributed by atoms with Gasteiger partial charge in [0.25, 0.3) is 0 Å². The number of carbonyl (C=O) groups is 2. The van der Waals surface area contributed by atoms with Gasteiger partial charge in [-0.2, -0.15) is 0 Å². The first-order valence-electron chi connectivity index (χ1n) is 11.0. The van der Waals surface area contributed by atoms with E-state index in [0.717, 1.165) is 42.4 Å². The first-order chi connectivity index (χ1) is 16.6. The number of hydrogen-bond acceptors (Lipinski definition) is 5. The van der Waals surface area contributed by atoms with Crippen LogP contribution in [0, 0.1) is 0 Å². The summed E-state index contributed by atoms with van der Waals surface area (Å²) < 4.78 is 0. The van der Waals surface area contributed by atoms with E-state index in [4.69, 9.17) is 9.97 Å². The Kier molecular flexibility index (Phi) is 3.77. The summed E-state index contributed by atoms with van der Waals surface area (Å²) in [4.78, 5) is 38.8. The van der Waals surface area contributed by atoms with Crippen LogP contribution in [0.2, 0.25) is 0 Å². The Labute approximate surface area is 198 Å². The molecule has 0 spiro atoms. The first-order valence-corrected chi connectivity index (χ1v) is 11.8. The van der Waals surface area contributed by atoms with E-state index in [0.29, 0.717) is 33.6 Å². The molecule has 0 fully saturated rings. The van der Waals surface area contributed by atoms with Crippen molar-refractivity contribution >= 4 is 56.6 Å². The number of aromatic nitrogens is 2. The number of ketones is 2. The molecule has 0 saturated carbocycles. The zero-order chi connectivity index (χ0) is 23.1. The van der Waals surface area contributed by atoms with Crippen molar-refractivity contribution in [2.45, 2.75) is 6.92 Å². The molecule has 0 bridgehead atoms. The van der Waals surface area contributed by atoms with Crippen molar-refractivity contribution in [1.29, 1.82) is 0 Å². The lowest BCUT2D eigenvalue weighted by atomic mass is 9.81. The number of pyridine rings is 2. The molecular weight excluding hydrogens is 440 g/mol. The summed E-state index contributed by atoms with van der Waals surface area (Å²) in [6.07, 6.45) is 9.16. The van der Waals surface area contributed by atoms with E-state index < -0.39 is 0 Å². The Balaban J connectivity index is 1.64. The summed E-state index contributed by atoms with van der Waals surface area (Å²) in [6, 6.07) is 11.4. The average Bonchev–Trinajstić information content (AvgIpc) is 3.27. The van der Waals surface area contributed by atoms with E-state index in [2.05, 4.69) is 6.58 Å². The number of fused-ring (bicyclic) bond motifs is 6. The van der Waals surface area contributed by atoms with Crippen molar-refractivity contribution in [1.82, 2.24) is 9.97 Å². The van der Waals surface area contributed by atoms with E-state index in [1.165, 1.54) is 0 Å². The van der Waals surface area contributed by atoms with Crippen LogP contribution < -0.4 is 0 Å². The van der Waals surface area contributed by atoms with Gasteiger partial charge in [0, 0.05) is 45.2 Å². The van der Waals surface area contributed by atoms with Gasteiger partial charge in [-0.1, -0.05) is 49.1 Å². The highest BCUT2D eigenvalue weighted by atomic mass is 32.1. The Morgan fingerprint density at radius 2 is 1.50 bits per heavy atom. The van der Waals surface area contributed by atoms with Crippen LogP contribution in [0.5, 0.6) is 0 Å². The van der Waals surface area contributed by atoms with E-state index in [1.54, 1.807) is 35.7 Å². The summed E-state index contributed by atoms with van der Waals surface area (Å²) in [5.74, 6) is -0.127. The zero-order valence-electron chi connectivity index (χ0n) is 18.2. The maximum absolute atomic E-state index is 13.8. The van der Waals surface area contributed by atoms with Crippen LogP contribution in [0.4, 0.5) is 0 Å². The minimum absolute atomic E-state index is 0.0504. The van der Waals surface area contributed by atoms with Crippen LogP contribution in [0.1, 0.15) is 49.9 Å². The van der Waals surface area contributed by atoms with Gasteiger partial charge in [-0.15, -0.1) is 11.3 Å². The molecule has 5 aromatic rings. The molecule has 160 valence electrons. The van der Waals surface area contributed by atoms with Gasteiger partial charge >= 0.3 is 0 Å². The predicted molar refractivity (Wildman–Crippen MR) is 137 cm³/mol. The smallest absolute Gasteiger partial charge is 0.196 e. The van der Waals surface area contributed by atoms with Crippen molar-refractivity contribution in [2.24, 2.45) is 0 Å². The molecule has 2 aliphatic rings. The van der Waals surface area contributed by atoms with Gasteiger partial charge in [-0.05, 0) is 30.0 Å². The second-order valence-corrected chi connectivity index (χ2v) is 9.47. The van der Waals surface area contributed by atoms with Gasteiger partial charge in [-0.25, -0.2) is 0 Å². The summed E-state index contributed by atoms with van der Waals surface area (Å²) in [5.41, 5.74) is 5.42. The number of hydrogen-bond donors (Lipinski definition) is 0. The molecule has 0 radical (unpaired) electrons. The fourth-order valence-electron chi connectivity index (χ4n) is 5.28. The third-order valence-electron chi connectivity index (χ3n) is 6.74. The number of carbonyl (C=O) groups excluding carboxylic acids is 2. The first kappa shape index (κ1) is 19.3. The highest BCUT2D eigenvalue weighted by Crippen LogP contribution is 2.53. The summed E-state index contributed by atoms with van der Waals surface area (Å²) in [6.45, 7) is 5.82. The molecule has 2 aromatic carbocycles. The van der Waals surface area contributed by atoms with Crippen molar-refractivity contribution in [3.8, 4) is 21.1 Å². The van der Waals surface area contributed by atoms with Gasteiger partial charge in [0.2, 0.25) is 0 Å². The van der Waals surface area contributed by atoms with E-state index in [-0.39, 0.29) is 11.6 Å². The van der Waals surface area contributed by atoms with Crippen LogP contribution in [-0.2, 0) is 0 Å². The molecule has 7 rings (SSSR count). The van der Waals surface area contributed by atoms with Crippen molar-refractivity contribution in [3.05, 3.63) is 94.8 Å². The Hall–Kier alpha value is -4.22. The molecular formula is C29H16N2O2S. The molecule has 0 saturated heterocycles. The lowest BCUT2D eigenvalue weighted by molar-refractivity contribution is 0.103. The van der Waals surface area contributed by atoms with Gasteiger partial charge in [0.1, 0.15) is 0 Å². The standard InChI is InChI=1S/C29H16N2O2S/c1-3-7-16-14(4-2)12-30-24-22(16)26(32)18-10-11-19-21-20(18)28(24)34-29(21)25-23(27(19)33)17-9-6-5-8-15(17)13-31-25/h3-13H,2H2,1H3/b7-3-. The van der Waals surface area contributed by atoms with Crippen LogP contribution in [0.25, 0.3) is 54.8 Å². The number of thiophene rings is 1. The normalized spacial score (nSPS) is 13.6. The fraction of sp³-hybridized carbons (Fsp3) is 0.0345. The molecule has 0 N–H and O–H groups in total. The molecule has 34 heavy (non-hydrogen) atoms. The summed E-state index contributed by atoms with van der Waals surface area (Å²) in [7, 11) is 0. The van der Waals surface area contributed by atoms with Crippen molar-refractivity contribution in [3.63, 3.8) is 0 Å². The minimum Gasteiger partial charge on any atom is -0.288 e. The van der Waals surface area contributed by atoms with Gasteiger partial charge in [0.05, 0.1) is 32.3 Å². The average molecular weight is 457 g/mol. The second-order valence-electron chi connectivity index (χ2n) is 8.45. The molecule has 0 aliphatic heterocycles. The summed E-state index contributed by atoms with van der Waals surface area (Å²) in [5, 5.41) is 3.46. The highest BCUT2D eigenvalue weighted by molar-refractivity contribution is 7.21. The molecule has 3 aromatic heterocycles.